The Balaban J connectivity index is 2.25. The highest BCUT2D eigenvalue weighted by Gasteiger charge is 2.23. The minimum atomic E-state index is 0.308. The van der Waals surface area contributed by atoms with E-state index in [9.17, 15) is 0 Å². The van der Waals surface area contributed by atoms with Gasteiger partial charge in [-0.15, -0.1) is 0 Å². The molecule has 1 atom stereocenters. The molecule has 1 aliphatic heterocycles. The van der Waals surface area contributed by atoms with Gasteiger partial charge in [0.1, 0.15) is 5.17 Å². The van der Waals surface area contributed by atoms with Crippen LogP contribution in [0.25, 0.3) is 0 Å². The topological polar surface area (TPSA) is 15.6 Å². The van der Waals surface area contributed by atoms with E-state index in [1.807, 2.05) is 12.1 Å². The van der Waals surface area contributed by atoms with Crippen molar-refractivity contribution >= 4 is 16.8 Å². The SMILES string of the molecule is Cc1cccc(C2CC(Cl)=NN2C)c1. The van der Waals surface area contributed by atoms with Crippen molar-refractivity contribution in [2.45, 2.75) is 19.4 Å². The molecule has 1 aromatic rings. The van der Waals surface area contributed by atoms with Gasteiger partial charge >= 0.3 is 0 Å². The third-order valence-electron chi connectivity index (χ3n) is 2.51. The predicted octanol–water partition coefficient (Wildman–Crippen LogP) is 2.92. The smallest absolute Gasteiger partial charge is 0.128 e. The van der Waals surface area contributed by atoms with Crippen LogP contribution in [0.2, 0.25) is 0 Å². The lowest BCUT2D eigenvalue weighted by molar-refractivity contribution is 0.290. The van der Waals surface area contributed by atoms with Crippen LogP contribution in [0.3, 0.4) is 0 Å². The Morgan fingerprint density at radius 2 is 2.29 bits per heavy atom. The number of nitrogens with zero attached hydrogens (tertiary/aromatic N) is 2. The van der Waals surface area contributed by atoms with E-state index >= 15 is 0 Å². The zero-order valence-electron chi connectivity index (χ0n) is 8.37. The summed E-state index contributed by atoms with van der Waals surface area (Å²) in [5, 5.41) is 6.81. The molecule has 0 aliphatic carbocycles. The Labute approximate surface area is 89.2 Å². The molecule has 0 saturated heterocycles. The molecule has 2 nitrogen and oxygen atoms in total. The highest BCUT2D eigenvalue weighted by atomic mass is 35.5. The van der Waals surface area contributed by atoms with Crippen molar-refractivity contribution in [1.82, 2.24) is 5.01 Å². The minimum Gasteiger partial charge on any atom is -0.291 e. The zero-order chi connectivity index (χ0) is 10.1. The van der Waals surface area contributed by atoms with E-state index in [0.717, 1.165) is 6.42 Å². The van der Waals surface area contributed by atoms with Gasteiger partial charge in [-0.1, -0.05) is 41.4 Å². The summed E-state index contributed by atoms with van der Waals surface area (Å²) in [5.74, 6) is 0. The van der Waals surface area contributed by atoms with E-state index in [2.05, 4.69) is 36.3 Å². The van der Waals surface area contributed by atoms with Gasteiger partial charge in [0.05, 0.1) is 6.04 Å². The first kappa shape index (κ1) is 9.53. The molecular formula is C11H13ClN2. The second-order valence-corrected chi connectivity index (χ2v) is 4.12. The second-order valence-electron chi connectivity index (χ2n) is 3.68. The Bertz CT molecular complexity index is 373. The highest BCUT2D eigenvalue weighted by molar-refractivity contribution is 6.65. The fraction of sp³-hybridized carbons (Fsp3) is 0.364. The molecule has 1 unspecified atom stereocenters. The van der Waals surface area contributed by atoms with Gasteiger partial charge in [-0.25, -0.2) is 0 Å². The molecule has 0 N–H and O–H groups in total. The fourth-order valence-electron chi connectivity index (χ4n) is 1.78. The van der Waals surface area contributed by atoms with Crippen molar-refractivity contribution < 1.29 is 0 Å². The molecule has 0 bridgehead atoms. The normalized spacial score (nSPS) is 21.2. The van der Waals surface area contributed by atoms with Gasteiger partial charge in [0.25, 0.3) is 0 Å². The molecule has 1 heterocycles. The summed E-state index contributed by atoms with van der Waals surface area (Å²) < 4.78 is 0. The van der Waals surface area contributed by atoms with Gasteiger partial charge in [0, 0.05) is 13.5 Å². The van der Waals surface area contributed by atoms with Crippen LogP contribution >= 0.6 is 11.6 Å². The number of aryl methyl sites for hydroxylation is 1. The summed E-state index contributed by atoms with van der Waals surface area (Å²) >= 11 is 5.90. The monoisotopic (exact) mass is 208 g/mol. The molecule has 1 aliphatic rings. The largest absolute Gasteiger partial charge is 0.291 e. The Morgan fingerprint density at radius 1 is 1.50 bits per heavy atom. The average Bonchev–Trinajstić information content (AvgIpc) is 2.45. The van der Waals surface area contributed by atoms with E-state index in [-0.39, 0.29) is 0 Å². The molecule has 1 aromatic carbocycles. The Kier molecular flexibility index (Phi) is 2.46. The zero-order valence-corrected chi connectivity index (χ0v) is 9.12. The van der Waals surface area contributed by atoms with Crippen molar-refractivity contribution in [2.24, 2.45) is 5.10 Å². The molecule has 2 rings (SSSR count). The number of hydrogen-bond acceptors (Lipinski definition) is 2. The molecule has 0 spiro atoms. The summed E-state index contributed by atoms with van der Waals surface area (Å²) in [7, 11) is 1.96. The molecule has 14 heavy (non-hydrogen) atoms. The van der Waals surface area contributed by atoms with E-state index in [1.54, 1.807) is 0 Å². The van der Waals surface area contributed by atoms with Crippen LogP contribution in [0, 0.1) is 6.92 Å². The summed E-state index contributed by atoms with van der Waals surface area (Å²) in [4.78, 5) is 0. The first-order valence-corrected chi connectivity index (χ1v) is 5.07. The summed E-state index contributed by atoms with van der Waals surface area (Å²) in [6.45, 7) is 2.10. The van der Waals surface area contributed by atoms with Crippen molar-refractivity contribution in [3.05, 3.63) is 35.4 Å². The summed E-state index contributed by atoms with van der Waals surface area (Å²) in [5.41, 5.74) is 2.56. The number of halogens is 1. The maximum atomic E-state index is 5.90. The van der Waals surface area contributed by atoms with Crippen LogP contribution < -0.4 is 0 Å². The van der Waals surface area contributed by atoms with Crippen LogP contribution in [-0.2, 0) is 0 Å². The number of hydrazone groups is 1. The van der Waals surface area contributed by atoms with Crippen LogP contribution in [0.15, 0.2) is 29.4 Å². The molecule has 0 radical (unpaired) electrons. The maximum absolute atomic E-state index is 5.90. The van der Waals surface area contributed by atoms with E-state index in [1.165, 1.54) is 11.1 Å². The molecular weight excluding hydrogens is 196 g/mol. The quantitative estimate of drug-likeness (QED) is 0.693. The van der Waals surface area contributed by atoms with E-state index < -0.39 is 0 Å². The van der Waals surface area contributed by atoms with Crippen molar-refractivity contribution in [3.8, 4) is 0 Å². The molecule has 0 saturated carbocycles. The predicted molar refractivity (Wildman–Crippen MR) is 59.6 cm³/mol. The molecule has 0 amide bonds. The fourth-order valence-corrected chi connectivity index (χ4v) is 2.05. The van der Waals surface area contributed by atoms with Crippen molar-refractivity contribution in [3.63, 3.8) is 0 Å². The number of rotatable bonds is 1. The molecule has 0 aromatic heterocycles. The van der Waals surface area contributed by atoms with Gasteiger partial charge in [0.15, 0.2) is 0 Å². The lowest BCUT2D eigenvalue weighted by Gasteiger charge is -2.19. The third-order valence-corrected chi connectivity index (χ3v) is 2.74. The number of benzene rings is 1. The van der Waals surface area contributed by atoms with Crippen LogP contribution in [0.4, 0.5) is 0 Å². The third kappa shape index (κ3) is 1.75. The highest BCUT2D eigenvalue weighted by Crippen LogP contribution is 2.30. The maximum Gasteiger partial charge on any atom is 0.128 e. The van der Waals surface area contributed by atoms with Gasteiger partial charge in [-0.2, -0.15) is 5.10 Å². The van der Waals surface area contributed by atoms with Gasteiger partial charge < -0.3 is 0 Å². The van der Waals surface area contributed by atoms with Gasteiger partial charge in [-0.05, 0) is 12.5 Å². The minimum absolute atomic E-state index is 0.308. The van der Waals surface area contributed by atoms with Crippen molar-refractivity contribution in [1.29, 1.82) is 0 Å². The van der Waals surface area contributed by atoms with Crippen LogP contribution in [0.1, 0.15) is 23.6 Å². The first-order chi connectivity index (χ1) is 6.66. The average molecular weight is 209 g/mol. The summed E-state index contributed by atoms with van der Waals surface area (Å²) in [6, 6.07) is 8.79. The lowest BCUT2D eigenvalue weighted by atomic mass is 10.0. The number of hydrogen-bond donors (Lipinski definition) is 0. The Hall–Kier alpha value is -1.02. The van der Waals surface area contributed by atoms with E-state index in [4.69, 9.17) is 11.6 Å². The van der Waals surface area contributed by atoms with Crippen LogP contribution in [0.5, 0.6) is 0 Å². The second kappa shape index (κ2) is 3.62. The van der Waals surface area contributed by atoms with E-state index in [0.29, 0.717) is 11.2 Å². The Morgan fingerprint density at radius 3 is 2.86 bits per heavy atom. The molecule has 0 fully saturated rings. The van der Waals surface area contributed by atoms with Gasteiger partial charge in [-0.3, -0.25) is 5.01 Å². The molecule has 3 heteroatoms. The van der Waals surface area contributed by atoms with Gasteiger partial charge in [0.2, 0.25) is 0 Å². The van der Waals surface area contributed by atoms with Crippen molar-refractivity contribution in [2.75, 3.05) is 7.05 Å². The van der Waals surface area contributed by atoms with Crippen LogP contribution in [-0.4, -0.2) is 17.2 Å². The lowest BCUT2D eigenvalue weighted by Crippen LogP contribution is -2.13. The summed E-state index contributed by atoms with van der Waals surface area (Å²) in [6.07, 6.45) is 0.821. The molecule has 74 valence electrons. The standard InChI is InChI=1S/C11H13ClN2/c1-8-4-3-5-9(6-8)10-7-11(12)13-14(10)2/h3-6,10H,7H2,1-2H3. The first-order valence-electron chi connectivity index (χ1n) is 4.69.